The Morgan fingerprint density at radius 3 is 0.680 bits per heavy atom. The summed E-state index contributed by atoms with van der Waals surface area (Å²) in [4.78, 5) is 72.9. The van der Waals surface area contributed by atoms with Crippen molar-refractivity contribution in [2.45, 2.75) is 445 Å². The number of esters is 4. The number of carbonyl (C=O) groups is 4. The fourth-order valence-electron chi connectivity index (χ4n) is 12.5. The lowest BCUT2D eigenvalue weighted by atomic mass is 10.0. The third-order valence-corrected chi connectivity index (χ3v) is 20.9. The molecule has 0 aliphatic rings. The van der Waals surface area contributed by atoms with Gasteiger partial charge in [-0.3, -0.25) is 37.3 Å². The van der Waals surface area contributed by atoms with Crippen molar-refractivity contribution in [3.63, 3.8) is 0 Å². The summed E-state index contributed by atoms with van der Waals surface area (Å²) in [6, 6.07) is 0. The normalized spacial score (nSPS) is 13.9. The van der Waals surface area contributed by atoms with Crippen molar-refractivity contribution in [1.29, 1.82) is 0 Å². The van der Waals surface area contributed by atoms with Crippen LogP contribution in [0.15, 0.2) is 0 Å². The van der Waals surface area contributed by atoms with Gasteiger partial charge in [0.25, 0.3) is 0 Å². The monoisotopic (exact) mass is 1470 g/mol. The molecule has 100 heavy (non-hydrogen) atoms. The van der Waals surface area contributed by atoms with Crippen LogP contribution in [0.5, 0.6) is 0 Å². The molecule has 0 bridgehead atoms. The van der Waals surface area contributed by atoms with Crippen LogP contribution in [0.3, 0.4) is 0 Å². The third kappa shape index (κ3) is 74.3. The van der Waals surface area contributed by atoms with E-state index in [-0.39, 0.29) is 25.7 Å². The van der Waals surface area contributed by atoms with Gasteiger partial charge in [-0.25, -0.2) is 9.13 Å². The summed E-state index contributed by atoms with van der Waals surface area (Å²) in [7, 11) is -9.92. The van der Waals surface area contributed by atoms with Crippen molar-refractivity contribution < 1.29 is 80.2 Å². The highest BCUT2D eigenvalue weighted by Crippen LogP contribution is 2.45. The number of phosphoric ester groups is 2. The Bertz CT molecular complexity index is 1920. The number of hydrogen-bond donors (Lipinski definition) is 3. The number of phosphoric acid groups is 2. The van der Waals surface area contributed by atoms with Crippen LogP contribution in [0.2, 0.25) is 0 Å². The van der Waals surface area contributed by atoms with E-state index in [1.807, 2.05) is 0 Å². The lowest BCUT2D eigenvalue weighted by Crippen LogP contribution is -2.30. The van der Waals surface area contributed by atoms with Crippen LogP contribution in [0.1, 0.15) is 427 Å². The maximum atomic E-state index is 13.1. The first-order valence-corrected chi connectivity index (χ1v) is 45.0. The molecular weight excluding hydrogens is 1310 g/mol. The molecule has 0 aromatic heterocycles. The first-order chi connectivity index (χ1) is 48.4. The smallest absolute Gasteiger partial charge is 0.462 e. The highest BCUT2D eigenvalue weighted by Gasteiger charge is 2.30. The average Bonchev–Trinajstić information content (AvgIpc) is 0.923. The van der Waals surface area contributed by atoms with E-state index in [9.17, 15) is 43.2 Å². The van der Waals surface area contributed by atoms with E-state index >= 15 is 0 Å². The number of hydrogen-bond acceptors (Lipinski definition) is 15. The van der Waals surface area contributed by atoms with Crippen LogP contribution in [0.4, 0.5) is 0 Å². The van der Waals surface area contributed by atoms with Crippen molar-refractivity contribution in [3.8, 4) is 0 Å². The Morgan fingerprint density at radius 1 is 0.270 bits per heavy atom. The number of carbonyl (C=O) groups excluding carboxylic acids is 4. The summed E-state index contributed by atoms with van der Waals surface area (Å²) in [5, 5.41) is 10.6. The quantitative estimate of drug-likeness (QED) is 0.0222. The molecule has 0 saturated heterocycles. The second-order valence-electron chi connectivity index (χ2n) is 30.1. The molecule has 0 radical (unpaired) electrons. The van der Waals surface area contributed by atoms with E-state index in [4.69, 9.17) is 37.0 Å². The first kappa shape index (κ1) is 98.1. The number of ether oxygens (including phenoxy) is 4. The summed E-state index contributed by atoms with van der Waals surface area (Å²) in [5.41, 5.74) is 0. The van der Waals surface area contributed by atoms with Crippen LogP contribution >= 0.6 is 15.6 Å². The molecule has 3 N–H and O–H groups in total. The van der Waals surface area contributed by atoms with Gasteiger partial charge in [-0.1, -0.05) is 375 Å². The first-order valence-electron chi connectivity index (χ1n) is 42.0. The molecule has 0 aromatic rings. The summed E-state index contributed by atoms with van der Waals surface area (Å²) in [6.45, 7) is 9.50. The zero-order valence-corrected chi connectivity index (χ0v) is 67.3. The molecule has 0 rings (SSSR count). The lowest BCUT2D eigenvalue weighted by Gasteiger charge is -2.21. The second kappa shape index (κ2) is 72.6. The van der Waals surface area contributed by atoms with Crippen LogP contribution in [0.25, 0.3) is 0 Å². The molecule has 0 spiro atoms. The van der Waals surface area contributed by atoms with Gasteiger partial charge in [0.15, 0.2) is 12.2 Å². The van der Waals surface area contributed by atoms with Gasteiger partial charge in [-0.2, -0.15) is 0 Å². The SMILES string of the molecule is CCCCCCCCCCCCCCCCCCCCCCCC(=O)O[C@H](COC(=O)CCCCCCCCCCCCCCCCCCCCC)COP(=O)(O)OC[C@@H](O)COP(=O)(O)OC[C@@H](COC(=O)CCCCCCCCC(C)C)OC(=O)CCCCCCCCCCC(C)C. The van der Waals surface area contributed by atoms with E-state index < -0.39 is 97.5 Å². The van der Waals surface area contributed by atoms with E-state index in [1.165, 1.54) is 238 Å². The topological polar surface area (TPSA) is 237 Å². The van der Waals surface area contributed by atoms with Crippen molar-refractivity contribution >= 4 is 39.5 Å². The predicted molar refractivity (Wildman–Crippen MR) is 409 cm³/mol. The minimum Gasteiger partial charge on any atom is -0.462 e. The maximum Gasteiger partial charge on any atom is 0.472 e. The molecule has 0 aliphatic carbocycles. The lowest BCUT2D eigenvalue weighted by molar-refractivity contribution is -0.161. The number of aliphatic hydroxyl groups excluding tert-OH is 1. The molecule has 0 aliphatic heterocycles. The van der Waals surface area contributed by atoms with Crippen LogP contribution < -0.4 is 0 Å². The van der Waals surface area contributed by atoms with Crippen molar-refractivity contribution in [2.75, 3.05) is 39.6 Å². The Kier molecular flexibility index (Phi) is 71.2. The van der Waals surface area contributed by atoms with Crippen molar-refractivity contribution in [3.05, 3.63) is 0 Å². The van der Waals surface area contributed by atoms with E-state index in [1.54, 1.807) is 0 Å². The van der Waals surface area contributed by atoms with Crippen LogP contribution in [-0.2, 0) is 65.4 Å². The highest BCUT2D eigenvalue weighted by molar-refractivity contribution is 7.47. The van der Waals surface area contributed by atoms with Gasteiger partial charge in [0, 0.05) is 25.7 Å². The Labute approximate surface area is 613 Å². The van der Waals surface area contributed by atoms with Gasteiger partial charge in [-0.05, 0) is 37.5 Å². The highest BCUT2D eigenvalue weighted by atomic mass is 31.2. The average molecular weight is 1470 g/mol. The molecule has 0 saturated carbocycles. The van der Waals surface area contributed by atoms with Gasteiger partial charge in [0.1, 0.15) is 19.3 Å². The summed E-state index contributed by atoms with van der Waals surface area (Å²) in [5.74, 6) is -0.717. The zero-order valence-electron chi connectivity index (χ0n) is 65.5. The van der Waals surface area contributed by atoms with Gasteiger partial charge in [0.2, 0.25) is 0 Å². The molecule has 594 valence electrons. The molecule has 0 amide bonds. The van der Waals surface area contributed by atoms with Gasteiger partial charge in [0.05, 0.1) is 26.4 Å². The fourth-order valence-corrected chi connectivity index (χ4v) is 14.1. The predicted octanol–water partition coefficient (Wildman–Crippen LogP) is 24.3. The molecular formula is C81H158O17P2. The minimum absolute atomic E-state index is 0.104. The summed E-state index contributed by atoms with van der Waals surface area (Å²) in [6.07, 6.45) is 62.9. The second-order valence-corrected chi connectivity index (χ2v) is 33.0. The molecule has 0 aromatic carbocycles. The maximum absolute atomic E-state index is 13.1. The number of unbranched alkanes of at least 4 members (excludes halogenated alkanes) is 50. The van der Waals surface area contributed by atoms with E-state index in [0.717, 1.165) is 102 Å². The molecule has 2 unspecified atom stereocenters. The van der Waals surface area contributed by atoms with Gasteiger partial charge >= 0.3 is 39.5 Å². The Hall–Kier alpha value is -1.94. The van der Waals surface area contributed by atoms with Gasteiger partial charge < -0.3 is 33.8 Å². The van der Waals surface area contributed by atoms with E-state index in [2.05, 4.69) is 41.5 Å². The third-order valence-electron chi connectivity index (χ3n) is 19.0. The Morgan fingerprint density at radius 2 is 0.460 bits per heavy atom. The van der Waals surface area contributed by atoms with E-state index in [0.29, 0.717) is 31.6 Å². The zero-order chi connectivity index (χ0) is 73.5. The van der Waals surface area contributed by atoms with Crippen molar-refractivity contribution in [1.82, 2.24) is 0 Å². The Balaban J connectivity index is 5.19. The molecule has 0 heterocycles. The largest absolute Gasteiger partial charge is 0.472 e. The van der Waals surface area contributed by atoms with Gasteiger partial charge in [-0.15, -0.1) is 0 Å². The minimum atomic E-state index is -4.96. The fraction of sp³-hybridized carbons (Fsp3) is 0.951. The summed E-state index contributed by atoms with van der Waals surface area (Å²) < 4.78 is 68.6. The number of rotatable bonds is 80. The summed E-state index contributed by atoms with van der Waals surface area (Å²) >= 11 is 0. The van der Waals surface area contributed by atoms with Crippen LogP contribution in [0, 0.1) is 11.8 Å². The molecule has 17 nitrogen and oxygen atoms in total. The standard InChI is InChI=1S/C81H158O17P2/c1-7-9-11-13-15-17-19-21-23-25-27-28-30-32-34-36-38-40-45-53-59-65-80(85)97-76(69-91-78(83)63-57-51-44-39-37-35-33-31-29-26-24-22-20-18-16-14-12-10-8-2)71-95-99(87,88)93-67-75(82)68-94-100(89,90)96-72-77(70-92-79(84)64-58-52-48-47-50-56-62-74(5)6)98-81(86)66-60-54-46-42-41-43-49-55-61-73(3)4/h73-77,82H,7-72H2,1-6H3,(H,87,88)(H,89,90)/t75-,76-,77-/m1/s1. The molecule has 19 heteroatoms. The van der Waals surface area contributed by atoms with Crippen molar-refractivity contribution in [2.24, 2.45) is 11.8 Å². The molecule has 5 atom stereocenters. The number of aliphatic hydroxyl groups is 1. The molecule has 0 fully saturated rings. The van der Waals surface area contributed by atoms with Crippen LogP contribution in [-0.4, -0.2) is 96.7 Å².